The van der Waals surface area contributed by atoms with Crippen LogP contribution in [-0.4, -0.2) is 23.3 Å². The van der Waals surface area contributed by atoms with Gasteiger partial charge in [0.1, 0.15) is 0 Å². The Morgan fingerprint density at radius 1 is 1.08 bits per heavy atom. The second-order valence-electron chi connectivity index (χ2n) is 5.73. The fraction of sp³-hybridized carbons (Fsp3) is 0.450. The zero-order valence-corrected chi connectivity index (χ0v) is 14.6. The lowest BCUT2D eigenvalue weighted by Crippen LogP contribution is -2.03. The molecule has 0 bridgehead atoms. The molecule has 1 N–H and O–H groups in total. The minimum absolute atomic E-state index is 0.553. The van der Waals surface area contributed by atoms with Gasteiger partial charge in [0.05, 0.1) is 25.0 Å². The first-order chi connectivity index (χ1) is 11.7. The number of rotatable bonds is 10. The zero-order chi connectivity index (χ0) is 17.2. The number of aliphatic hydroxyl groups excluding tert-OH is 1. The number of hydrogen-bond acceptors (Lipinski definition) is 4. The Morgan fingerprint density at radius 3 is 2.67 bits per heavy atom. The Bertz CT molecular complexity index is 601. The Hall–Kier alpha value is -2.07. The van der Waals surface area contributed by atoms with Crippen LogP contribution in [0.1, 0.15) is 50.5 Å². The lowest BCUT2D eigenvalue weighted by atomic mass is 10.0. The van der Waals surface area contributed by atoms with Crippen LogP contribution in [0.5, 0.6) is 11.5 Å². The van der Waals surface area contributed by atoms with Gasteiger partial charge in [-0.05, 0) is 56.0 Å². The summed E-state index contributed by atoms with van der Waals surface area (Å²) in [6.45, 7) is 5.41. The average molecular weight is 329 g/mol. The standard InChI is InChI=1S/C20H27NO3/c1-3-5-14-24-19-12-10-16(15-20(19)23-4-2)9-11-18(22)17-8-6-7-13-21-17/h6-8,10,12-13,15,18,22H,3-5,9,11,14H2,1-2H3. The van der Waals surface area contributed by atoms with Gasteiger partial charge in [-0.2, -0.15) is 0 Å². The van der Waals surface area contributed by atoms with E-state index in [9.17, 15) is 5.11 Å². The minimum atomic E-state index is -0.553. The molecule has 2 aromatic rings. The fourth-order valence-corrected chi connectivity index (χ4v) is 2.45. The molecule has 0 saturated heterocycles. The van der Waals surface area contributed by atoms with E-state index in [2.05, 4.69) is 11.9 Å². The minimum Gasteiger partial charge on any atom is -0.490 e. The molecule has 1 aromatic heterocycles. The van der Waals surface area contributed by atoms with Crippen molar-refractivity contribution in [3.8, 4) is 11.5 Å². The summed E-state index contributed by atoms with van der Waals surface area (Å²) < 4.78 is 11.5. The third-order valence-electron chi connectivity index (χ3n) is 3.80. The Kier molecular flexibility index (Phi) is 7.56. The molecule has 0 saturated carbocycles. The maximum absolute atomic E-state index is 10.2. The highest BCUT2D eigenvalue weighted by Crippen LogP contribution is 2.30. The third kappa shape index (κ3) is 5.53. The quantitative estimate of drug-likeness (QED) is 0.659. The number of unbranched alkanes of at least 4 members (excludes halogenated alkanes) is 1. The van der Waals surface area contributed by atoms with Gasteiger partial charge in [-0.1, -0.05) is 25.5 Å². The van der Waals surface area contributed by atoms with Gasteiger partial charge in [-0.25, -0.2) is 0 Å². The van der Waals surface area contributed by atoms with Crippen LogP contribution in [0.15, 0.2) is 42.6 Å². The Labute approximate surface area is 144 Å². The van der Waals surface area contributed by atoms with Gasteiger partial charge in [-0.15, -0.1) is 0 Å². The normalized spacial score (nSPS) is 12.0. The first kappa shape index (κ1) is 18.3. The molecule has 0 fully saturated rings. The van der Waals surface area contributed by atoms with Gasteiger partial charge in [0.15, 0.2) is 11.5 Å². The fourth-order valence-electron chi connectivity index (χ4n) is 2.45. The SMILES string of the molecule is CCCCOc1ccc(CCC(O)c2ccccn2)cc1OCC. The van der Waals surface area contributed by atoms with Crippen molar-refractivity contribution in [2.45, 2.75) is 45.6 Å². The summed E-state index contributed by atoms with van der Waals surface area (Å²) in [6, 6.07) is 11.6. The molecule has 1 aromatic carbocycles. The topological polar surface area (TPSA) is 51.6 Å². The summed E-state index contributed by atoms with van der Waals surface area (Å²) in [5.41, 5.74) is 1.83. The molecule has 0 amide bonds. The maximum atomic E-state index is 10.2. The van der Waals surface area contributed by atoms with Crippen molar-refractivity contribution in [3.05, 3.63) is 53.9 Å². The molecule has 2 rings (SSSR count). The lowest BCUT2D eigenvalue weighted by molar-refractivity contribution is 0.163. The Morgan fingerprint density at radius 2 is 1.96 bits per heavy atom. The van der Waals surface area contributed by atoms with Gasteiger partial charge in [0, 0.05) is 6.20 Å². The van der Waals surface area contributed by atoms with E-state index < -0.39 is 6.10 Å². The summed E-state index contributed by atoms with van der Waals surface area (Å²) in [5, 5.41) is 10.2. The molecule has 0 aliphatic heterocycles. The molecule has 0 aliphatic carbocycles. The molecule has 1 heterocycles. The summed E-state index contributed by atoms with van der Waals surface area (Å²) >= 11 is 0. The van der Waals surface area contributed by atoms with E-state index in [1.165, 1.54) is 0 Å². The van der Waals surface area contributed by atoms with Crippen molar-refractivity contribution in [1.82, 2.24) is 4.98 Å². The summed E-state index contributed by atoms with van der Waals surface area (Å²) in [4.78, 5) is 4.20. The largest absolute Gasteiger partial charge is 0.490 e. The highest BCUT2D eigenvalue weighted by molar-refractivity contribution is 5.43. The molecule has 130 valence electrons. The van der Waals surface area contributed by atoms with Crippen molar-refractivity contribution < 1.29 is 14.6 Å². The number of ether oxygens (including phenoxy) is 2. The highest BCUT2D eigenvalue weighted by Gasteiger charge is 2.11. The number of benzene rings is 1. The van der Waals surface area contributed by atoms with Gasteiger partial charge in [-0.3, -0.25) is 4.98 Å². The van der Waals surface area contributed by atoms with Gasteiger partial charge in [0.25, 0.3) is 0 Å². The average Bonchev–Trinajstić information content (AvgIpc) is 2.62. The van der Waals surface area contributed by atoms with Crippen molar-refractivity contribution in [1.29, 1.82) is 0 Å². The molecule has 1 atom stereocenters. The number of aromatic nitrogens is 1. The van der Waals surface area contributed by atoms with E-state index in [1.807, 2.05) is 43.3 Å². The van der Waals surface area contributed by atoms with Crippen molar-refractivity contribution >= 4 is 0 Å². The number of aryl methyl sites for hydroxylation is 1. The van der Waals surface area contributed by atoms with E-state index >= 15 is 0 Å². The highest BCUT2D eigenvalue weighted by atomic mass is 16.5. The molecular formula is C20H27NO3. The predicted molar refractivity (Wildman–Crippen MR) is 95.5 cm³/mol. The number of hydrogen-bond donors (Lipinski definition) is 1. The summed E-state index contributed by atoms with van der Waals surface area (Å²) in [7, 11) is 0. The van der Waals surface area contributed by atoms with Crippen LogP contribution >= 0.6 is 0 Å². The van der Waals surface area contributed by atoms with Gasteiger partial charge < -0.3 is 14.6 Å². The van der Waals surface area contributed by atoms with Crippen LogP contribution < -0.4 is 9.47 Å². The monoisotopic (exact) mass is 329 g/mol. The van der Waals surface area contributed by atoms with E-state index in [0.29, 0.717) is 25.3 Å². The second kappa shape index (κ2) is 9.93. The van der Waals surface area contributed by atoms with Gasteiger partial charge >= 0.3 is 0 Å². The molecule has 4 nitrogen and oxygen atoms in total. The van der Waals surface area contributed by atoms with E-state index in [1.54, 1.807) is 6.20 Å². The smallest absolute Gasteiger partial charge is 0.161 e. The Balaban J connectivity index is 1.98. The van der Waals surface area contributed by atoms with E-state index in [4.69, 9.17) is 9.47 Å². The van der Waals surface area contributed by atoms with Crippen molar-refractivity contribution in [2.75, 3.05) is 13.2 Å². The lowest BCUT2D eigenvalue weighted by Gasteiger charge is -2.14. The molecule has 24 heavy (non-hydrogen) atoms. The third-order valence-corrected chi connectivity index (χ3v) is 3.80. The summed E-state index contributed by atoms with van der Waals surface area (Å²) in [6.07, 6.45) is 4.67. The van der Waals surface area contributed by atoms with Crippen LogP contribution in [0.4, 0.5) is 0 Å². The number of aliphatic hydroxyl groups is 1. The molecule has 0 aliphatic rings. The zero-order valence-electron chi connectivity index (χ0n) is 14.6. The molecule has 4 heteroatoms. The number of pyridine rings is 1. The van der Waals surface area contributed by atoms with Crippen molar-refractivity contribution in [2.24, 2.45) is 0 Å². The molecule has 1 unspecified atom stereocenters. The van der Waals surface area contributed by atoms with Gasteiger partial charge in [0.2, 0.25) is 0 Å². The first-order valence-electron chi connectivity index (χ1n) is 8.72. The summed E-state index contributed by atoms with van der Waals surface area (Å²) in [5.74, 6) is 1.57. The molecular weight excluding hydrogens is 302 g/mol. The maximum Gasteiger partial charge on any atom is 0.161 e. The number of nitrogens with zero attached hydrogens (tertiary/aromatic N) is 1. The molecule has 0 radical (unpaired) electrons. The van der Waals surface area contributed by atoms with E-state index in [0.717, 1.165) is 36.3 Å². The predicted octanol–water partition coefficient (Wildman–Crippen LogP) is 4.33. The van der Waals surface area contributed by atoms with Crippen LogP contribution in [0.25, 0.3) is 0 Å². The van der Waals surface area contributed by atoms with Crippen LogP contribution in [-0.2, 0) is 6.42 Å². The van der Waals surface area contributed by atoms with Crippen LogP contribution in [0.3, 0.4) is 0 Å². The first-order valence-corrected chi connectivity index (χ1v) is 8.72. The molecule has 0 spiro atoms. The van der Waals surface area contributed by atoms with Crippen LogP contribution in [0.2, 0.25) is 0 Å². The van der Waals surface area contributed by atoms with Crippen LogP contribution in [0, 0.1) is 0 Å². The second-order valence-corrected chi connectivity index (χ2v) is 5.73. The van der Waals surface area contributed by atoms with E-state index in [-0.39, 0.29) is 0 Å². The van der Waals surface area contributed by atoms with Crippen molar-refractivity contribution in [3.63, 3.8) is 0 Å².